The average molecular weight is 347 g/mol. The molecule has 0 aliphatic rings. The van der Waals surface area contributed by atoms with E-state index in [2.05, 4.69) is 10.5 Å². The molecule has 24 heavy (non-hydrogen) atoms. The largest absolute Gasteiger partial charge is 0.497 e. The van der Waals surface area contributed by atoms with Gasteiger partial charge in [-0.05, 0) is 42.5 Å². The van der Waals surface area contributed by atoms with Crippen LogP contribution < -0.4 is 10.1 Å². The second kappa shape index (κ2) is 6.72. The summed E-state index contributed by atoms with van der Waals surface area (Å²) in [7, 11) is 1.58. The average Bonchev–Trinajstić information content (AvgIpc) is 3.08. The molecule has 0 aliphatic carbocycles. The van der Waals surface area contributed by atoms with Crippen LogP contribution >= 0.6 is 11.6 Å². The Balaban J connectivity index is 1.76. The third-order valence-corrected chi connectivity index (χ3v) is 3.58. The lowest BCUT2D eigenvalue weighted by Gasteiger charge is -2.03. The molecule has 0 fully saturated rings. The quantitative estimate of drug-likeness (QED) is 0.760. The maximum Gasteiger partial charge on any atom is 0.277 e. The molecule has 0 atom stereocenters. The summed E-state index contributed by atoms with van der Waals surface area (Å²) >= 11 is 5.68. The number of nitrogens with one attached hydrogen (secondary N) is 1. The lowest BCUT2D eigenvalue weighted by atomic mass is 10.1. The van der Waals surface area contributed by atoms with Crippen molar-refractivity contribution < 1.29 is 18.4 Å². The first-order chi connectivity index (χ1) is 11.6. The summed E-state index contributed by atoms with van der Waals surface area (Å²) < 4.78 is 23.4. The highest BCUT2D eigenvalue weighted by atomic mass is 35.5. The summed E-state index contributed by atoms with van der Waals surface area (Å²) in [4.78, 5) is 12.2. The third-order valence-electron chi connectivity index (χ3n) is 3.29. The van der Waals surface area contributed by atoms with Crippen LogP contribution in [0.5, 0.6) is 5.75 Å². The van der Waals surface area contributed by atoms with E-state index in [9.17, 15) is 9.18 Å². The molecule has 3 aromatic rings. The lowest BCUT2D eigenvalue weighted by molar-refractivity contribution is 0.101. The molecule has 1 amide bonds. The minimum atomic E-state index is -0.558. The molecule has 0 radical (unpaired) electrons. The van der Waals surface area contributed by atoms with Gasteiger partial charge in [0.15, 0.2) is 11.5 Å². The number of carbonyl (C=O) groups is 1. The van der Waals surface area contributed by atoms with Crippen LogP contribution in [0.15, 0.2) is 53.1 Å². The molecular weight excluding hydrogens is 335 g/mol. The Morgan fingerprint density at radius 3 is 2.62 bits per heavy atom. The summed E-state index contributed by atoms with van der Waals surface area (Å²) in [6.45, 7) is 0. The highest BCUT2D eigenvalue weighted by molar-refractivity contribution is 6.31. The molecule has 0 saturated heterocycles. The molecule has 0 aliphatic heterocycles. The van der Waals surface area contributed by atoms with Crippen LogP contribution in [0.25, 0.3) is 11.3 Å². The van der Waals surface area contributed by atoms with Crippen LogP contribution in [0, 0.1) is 5.82 Å². The minimum Gasteiger partial charge on any atom is -0.497 e. The highest BCUT2D eigenvalue weighted by Gasteiger charge is 2.14. The van der Waals surface area contributed by atoms with Crippen molar-refractivity contribution in [2.24, 2.45) is 0 Å². The number of halogens is 2. The molecular formula is C17H12ClFN2O3. The summed E-state index contributed by atoms with van der Waals surface area (Å²) in [6, 6.07) is 12.5. The van der Waals surface area contributed by atoms with Crippen LogP contribution in [0.4, 0.5) is 10.1 Å². The van der Waals surface area contributed by atoms with Crippen molar-refractivity contribution in [3.05, 3.63) is 65.1 Å². The number of benzene rings is 2. The second-order valence-corrected chi connectivity index (χ2v) is 5.30. The van der Waals surface area contributed by atoms with E-state index in [-0.39, 0.29) is 10.7 Å². The molecule has 1 N–H and O–H groups in total. The van der Waals surface area contributed by atoms with Crippen LogP contribution in [-0.2, 0) is 0 Å². The predicted octanol–water partition coefficient (Wildman–Crippen LogP) is 4.40. The van der Waals surface area contributed by atoms with Crippen molar-refractivity contribution in [1.29, 1.82) is 0 Å². The van der Waals surface area contributed by atoms with Gasteiger partial charge in [0.1, 0.15) is 11.6 Å². The predicted molar refractivity (Wildman–Crippen MR) is 87.9 cm³/mol. The molecule has 0 bridgehead atoms. The first kappa shape index (κ1) is 16.0. The van der Waals surface area contributed by atoms with E-state index in [1.807, 2.05) is 0 Å². The normalized spacial score (nSPS) is 10.5. The van der Waals surface area contributed by atoms with Crippen LogP contribution in [0.1, 0.15) is 10.5 Å². The van der Waals surface area contributed by atoms with Crippen molar-refractivity contribution in [2.45, 2.75) is 0 Å². The Bertz CT molecular complexity index is 878. The van der Waals surface area contributed by atoms with E-state index in [1.54, 1.807) is 31.4 Å². The molecule has 0 spiro atoms. The smallest absolute Gasteiger partial charge is 0.277 e. The van der Waals surface area contributed by atoms with Gasteiger partial charge in [-0.1, -0.05) is 16.8 Å². The van der Waals surface area contributed by atoms with Gasteiger partial charge in [0.25, 0.3) is 5.91 Å². The first-order valence-electron chi connectivity index (χ1n) is 6.94. The van der Waals surface area contributed by atoms with Crippen molar-refractivity contribution >= 4 is 23.2 Å². The number of hydrogen-bond donors (Lipinski definition) is 1. The maximum atomic E-state index is 13.1. The van der Waals surface area contributed by atoms with E-state index in [0.717, 1.165) is 5.56 Å². The zero-order valence-electron chi connectivity index (χ0n) is 12.5. The van der Waals surface area contributed by atoms with Crippen molar-refractivity contribution in [1.82, 2.24) is 5.16 Å². The lowest BCUT2D eigenvalue weighted by Crippen LogP contribution is -2.12. The fourth-order valence-corrected chi connectivity index (χ4v) is 2.22. The zero-order valence-corrected chi connectivity index (χ0v) is 13.3. The number of nitrogens with zero attached hydrogens (tertiary/aromatic N) is 1. The number of rotatable bonds is 4. The summed E-state index contributed by atoms with van der Waals surface area (Å²) in [5.41, 5.74) is 1.22. The number of ether oxygens (including phenoxy) is 1. The van der Waals surface area contributed by atoms with Crippen molar-refractivity contribution in [2.75, 3.05) is 12.4 Å². The molecule has 1 heterocycles. The maximum absolute atomic E-state index is 13.1. The van der Waals surface area contributed by atoms with E-state index in [0.29, 0.717) is 17.2 Å². The standard InChI is InChI=1S/C17H12ClFN2O3/c1-23-12-5-2-10(3-6-12)16-9-15(21-24-16)17(22)20-11-4-7-14(19)13(18)8-11/h2-9H,1H3,(H,20,22). The molecule has 0 saturated carbocycles. The van der Waals surface area contributed by atoms with Crippen LogP contribution in [0.2, 0.25) is 5.02 Å². The Morgan fingerprint density at radius 2 is 1.96 bits per heavy atom. The Hall–Kier alpha value is -2.86. The van der Waals surface area contributed by atoms with E-state index in [1.165, 1.54) is 24.3 Å². The highest BCUT2D eigenvalue weighted by Crippen LogP contribution is 2.24. The monoisotopic (exact) mass is 346 g/mol. The summed E-state index contributed by atoms with van der Waals surface area (Å²) in [5, 5.41) is 6.25. The molecule has 5 nitrogen and oxygen atoms in total. The SMILES string of the molecule is COc1ccc(-c2cc(C(=O)Nc3ccc(F)c(Cl)c3)no2)cc1. The number of hydrogen-bond acceptors (Lipinski definition) is 4. The van der Waals surface area contributed by atoms with Gasteiger partial charge in [-0.15, -0.1) is 0 Å². The van der Waals surface area contributed by atoms with Crippen molar-refractivity contribution in [3.8, 4) is 17.1 Å². The summed E-state index contributed by atoms with van der Waals surface area (Å²) in [6.07, 6.45) is 0. The number of anilines is 1. The number of amides is 1. The second-order valence-electron chi connectivity index (χ2n) is 4.89. The van der Waals surface area contributed by atoms with Crippen LogP contribution in [0.3, 0.4) is 0 Å². The van der Waals surface area contributed by atoms with E-state index in [4.69, 9.17) is 20.9 Å². The number of aromatic nitrogens is 1. The van der Waals surface area contributed by atoms with Crippen LogP contribution in [-0.4, -0.2) is 18.2 Å². The Morgan fingerprint density at radius 1 is 1.21 bits per heavy atom. The molecule has 0 unspecified atom stereocenters. The molecule has 2 aromatic carbocycles. The third kappa shape index (κ3) is 3.38. The van der Waals surface area contributed by atoms with Gasteiger partial charge in [-0.25, -0.2) is 4.39 Å². The van der Waals surface area contributed by atoms with Gasteiger partial charge in [-0.3, -0.25) is 4.79 Å². The van der Waals surface area contributed by atoms with E-state index < -0.39 is 11.7 Å². The van der Waals surface area contributed by atoms with Gasteiger partial charge < -0.3 is 14.6 Å². The van der Waals surface area contributed by atoms with Crippen molar-refractivity contribution in [3.63, 3.8) is 0 Å². The topological polar surface area (TPSA) is 64.4 Å². The Kier molecular flexibility index (Phi) is 4.48. The summed E-state index contributed by atoms with van der Waals surface area (Å²) in [5.74, 6) is 0.114. The van der Waals surface area contributed by atoms with Gasteiger partial charge >= 0.3 is 0 Å². The van der Waals surface area contributed by atoms with Gasteiger partial charge in [-0.2, -0.15) is 0 Å². The minimum absolute atomic E-state index is 0.0770. The van der Waals surface area contributed by atoms with Gasteiger partial charge in [0, 0.05) is 17.3 Å². The van der Waals surface area contributed by atoms with E-state index >= 15 is 0 Å². The first-order valence-corrected chi connectivity index (χ1v) is 7.32. The van der Waals surface area contributed by atoms with Gasteiger partial charge in [0.2, 0.25) is 0 Å². The molecule has 3 rings (SSSR count). The fourth-order valence-electron chi connectivity index (χ4n) is 2.04. The molecule has 7 heteroatoms. The number of carbonyl (C=O) groups excluding carboxylic acids is 1. The Labute approximate surface area is 142 Å². The fraction of sp³-hybridized carbons (Fsp3) is 0.0588. The molecule has 122 valence electrons. The zero-order chi connectivity index (χ0) is 17.1. The molecule has 1 aromatic heterocycles. The van der Waals surface area contributed by atoms with Gasteiger partial charge in [0.05, 0.1) is 12.1 Å². The number of methoxy groups -OCH3 is 1.